The van der Waals surface area contributed by atoms with Crippen molar-refractivity contribution in [1.29, 1.82) is 0 Å². The molecule has 0 radical (unpaired) electrons. The minimum atomic E-state index is -0.320. The van der Waals surface area contributed by atoms with E-state index in [2.05, 4.69) is 32.2 Å². The number of piperazine rings is 1. The van der Waals surface area contributed by atoms with Gasteiger partial charge in [0.25, 0.3) is 5.91 Å². The normalized spacial score (nSPS) is 14.0. The zero-order valence-electron chi connectivity index (χ0n) is 16.1. The predicted octanol–water partition coefficient (Wildman–Crippen LogP) is 3.48. The standard InChI is InChI=1S/C23H23FN4O/c24-21-9-5-4-6-19(21)17-26-23(29)18-10-11-25-22(16-18)28-14-12-27(13-15-28)20-7-2-1-3-8-20/h1-11,16H,12-15,17H2,(H,26,29). The number of halogens is 1. The van der Waals surface area contributed by atoms with Crippen molar-refractivity contribution in [2.45, 2.75) is 6.54 Å². The number of benzene rings is 2. The third-order valence-electron chi connectivity index (χ3n) is 5.13. The van der Waals surface area contributed by atoms with Crippen LogP contribution in [0.15, 0.2) is 72.9 Å². The Kier molecular flexibility index (Phi) is 5.70. The molecule has 1 aliphatic heterocycles. The molecule has 0 atom stereocenters. The maximum absolute atomic E-state index is 13.7. The third kappa shape index (κ3) is 4.54. The van der Waals surface area contributed by atoms with E-state index in [1.165, 1.54) is 11.8 Å². The van der Waals surface area contributed by atoms with E-state index in [1.807, 2.05) is 18.2 Å². The van der Waals surface area contributed by atoms with E-state index in [1.54, 1.807) is 36.5 Å². The van der Waals surface area contributed by atoms with Crippen molar-refractivity contribution in [3.05, 3.63) is 89.9 Å². The second-order valence-corrected chi connectivity index (χ2v) is 6.99. The van der Waals surface area contributed by atoms with Crippen molar-refractivity contribution < 1.29 is 9.18 Å². The van der Waals surface area contributed by atoms with Gasteiger partial charge in [-0.3, -0.25) is 4.79 Å². The number of hydrogen-bond acceptors (Lipinski definition) is 4. The molecule has 0 spiro atoms. The molecule has 5 nitrogen and oxygen atoms in total. The van der Waals surface area contributed by atoms with Gasteiger partial charge in [0.15, 0.2) is 0 Å². The summed E-state index contributed by atoms with van der Waals surface area (Å²) in [6.07, 6.45) is 1.65. The smallest absolute Gasteiger partial charge is 0.251 e. The lowest BCUT2D eigenvalue weighted by Gasteiger charge is -2.36. The van der Waals surface area contributed by atoms with E-state index in [9.17, 15) is 9.18 Å². The monoisotopic (exact) mass is 390 g/mol. The van der Waals surface area contributed by atoms with Gasteiger partial charge in [0.1, 0.15) is 11.6 Å². The quantitative estimate of drug-likeness (QED) is 0.725. The Bertz CT molecular complexity index is 971. The number of nitrogens with zero attached hydrogens (tertiary/aromatic N) is 3. The molecule has 2 aromatic carbocycles. The summed E-state index contributed by atoms with van der Waals surface area (Å²) in [4.78, 5) is 21.5. The molecular weight excluding hydrogens is 367 g/mol. The van der Waals surface area contributed by atoms with Crippen molar-refractivity contribution in [3.63, 3.8) is 0 Å². The number of nitrogens with one attached hydrogen (secondary N) is 1. The van der Waals surface area contributed by atoms with Gasteiger partial charge in [-0.25, -0.2) is 9.37 Å². The number of carbonyl (C=O) groups excluding carboxylic acids is 1. The fourth-order valence-corrected chi connectivity index (χ4v) is 3.48. The van der Waals surface area contributed by atoms with Crippen LogP contribution in [0.5, 0.6) is 0 Å². The van der Waals surface area contributed by atoms with Crippen LogP contribution in [0, 0.1) is 5.82 Å². The molecule has 1 N–H and O–H groups in total. The minimum absolute atomic E-state index is 0.152. The highest BCUT2D eigenvalue weighted by atomic mass is 19.1. The van der Waals surface area contributed by atoms with Crippen molar-refractivity contribution in [2.75, 3.05) is 36.0 Å². The van der Waals surface area contributed by atoms with Gasteiger partial charge in [-0.1, -0.05) is 36.4 Å². The van der Waals surface area contributed by atoms with Gasteiger partial charge in [-0.15, -0.1) is 0 Å². The summed E-state index contributed by atoms with van der Waals surface area (Å²) < 4.78 is 13.7. The first-order valence-corrected chi connectivity index (χ1v) is 9.73. The summed E-state index contributed by atoms with van der Waals surface area (Å²) in [7, 11) is 0. The first-order valence-electron chi connectivity index (χ1n) is 9.73. The first-order chi connectivity index (χ1) is 14.2. The molecule has 2 heterocycles. The average Bonchev–Trinajstić information content (AvgIpc) is 2.79. The number of carbonyl (C=O) groups is 1. The van der Waals surface area contributed by atoms with E-state index >= 15 is 0 Å². The van der Waals surface area contributed by atoms with E-state index in [0.717, 1.165) is 32.0 Å². The first kappa shape index (κ1) is 18.9. The highest BCUT2D eigenvalue weighted by Crippen LogP contribution is 2.19. The largest absolute Gasteiger partial charge is 0.368 e. The summed E-state index contributed by atoms with van der Waals surface area (Å²) in [5, 5.41) is 2.78. The van der Waals surface area contributed by atoms with Gasteiger partial charge in [0, 0.05) is 55.7 Å². The SMILES string of the molecule is O=C(NCc1ccccc1F)c1ccnc(N2CCN(c3ccccc3)CC2)c1. The molecule has 4 rings (SSSR count). The maximum Gasteiger partial charge on any atom is 0.251 e. The van der Waals surface area contributed by atoms with E-state index in [-0.39, 0.29) is 18.3 Å². The summed E-state index contributed by atoms with van der Waals surface area (Å²) in [5.41, 5.74) is 2.21. The highest BCUT2D eigenvalue weighted by Gasteiger charge is 2.19. The molecular formula is C23H23FN4O. The Labute approximate surface area is 169 Å². The number of anilines is 2. The Morgan fingerprint density at radius 1 is 0.931 bits per heavy atom. The zero-order chi connectivity index (χ0) is 20.1. The fourth-order valence-electron chi connectivity index (χ4n) is 3.48. The predicted molar refractivity (Wildman–Crippen MR) is 113 cm³/mol. The lowest BCUT2D eigenvalue weighted by molar-refractivity contribution is 0.0950. The highest BCUT2D eigenvalue weighted by molar-refractivity contribution is 5.94. The van der Waals surface area contributed by atoms with Gasteiger partial charge >= 0.3 is 0 Å². The van der Waals surface area contributed by atoms with Gasteiger partial charge in [0.2, 0.25) is 0 Å². The summed E-state index contributed by atoms with van der Waals surface area (Å²) in [6.45, 7) is 3.62. The third-order valence-corrected chi connectivity index (χ3v) is 5.13. The molecule has 0 saturated carbocycles. The van der Waals surface area contributed by atoms with Crippen molar-refractivity contribution in [1.82, 2.24) is 10.3 Å². The number of rotatable bonds is 5. The molecule has 29 heavy (non-hydrogen) atoms. The Balaban J connectivity index is 1.37. The van der Waals surface area contributed by atoms with Crippen LogP contribution in [-0.2, 0) is 6.54 Å². The van der Waals surface area contributed by atoms with E-state index in [4.69, 9.17) is 0 Å². The lowest BCUT2D eigenvalue weighted by atomic mass is 10.2. The molecule has 1 saturated heterocycles. The second-order valence-electron chi connectivity index (χ2n) is 6.99. The molecule has 3 aromatic rings. The summed E-state index contributed by atoms with van der Waals surface area (Å²) in [5.74, 6) is 0.232. The van der Waals surface area contributed by atoms with Crippen LogP contribution in [0.3, 0.4) is 0 Å². The molecule has 6 heteroatoms. The molecule has 148 valence electrons. The van der Waals surface area contributed by atoms with Gasteiger partial charge in [-0.2, -0.15) is 0 Å². The number of hydrogen-bond donors (Lipinski definition) is 1. The van der Waals surface area contributed by atoms with Crippen LogP contribution in [-0.4, -0.2) is 37.1 Å². The molecule has 1 aliphatic rings. The Morgan fingerprint density at radius 2 is 1.62 bits per heavy atom. The topological polar surface area (TPSA) is 48.5 Å². The Morgan fingerprint density at radius 3 is 2.38 bits per heavy atom. The Hall–Kier alpha value is -3.41. The van der Waals surface area contributed by atoms with Crippen LogP contribution in [0.2, 0.25) is 0 Å². The minimum Gasteiger partial charge on any atom is -0.368 e. The zero-order valence-corrected chi connectivity index (χ0v) is 16.1. The lowest BCUT2D eigenvalue weighted by Crippen LogP contribution is -2.46. The molecule has 0 bridgehead atoms. The van der Waals surface area contributed by atoms with Crippen molar-refractivity contribution >= 4 is 17.4 Å². The van der Waals surface area contributed by atoms with Gasteiger partial charge in [-0.05, 0) is 30.3 Å². The van der Waals surface area contributed by atoms with Crippen LogP contribution >= 0.6 is 0 Å². The van der Waals surface area contributed by atoms with E-state index in [0.29, 0.717) is 11.1 Å². The number of aromatic nitrogens is 1. The number of pyridine rings is 1. The molecule has 1 aromatic heterocycles. The molecule has 0 aliphatic carbocycles. The number of amides is 1. The van der Waals surface area contributed by atoms with Crippen molar-refractivity contribution in [3.8, 4) is 0 Å². The van der Waals surface area contributed by atoms with Gasteiger partial charge in [0.05, 0.1) is 0 Å². The molecule has 1 fully saturated rings. The molecule has 0 unspecified atom stereocenters. The van der Waals surface area contributed by atoms with Crippen LogP contribution in [0.25, 0.3) is 0 Å². The fraction of sp³-hybridized carbons (Fsp3) is 0.217. The van der Waals surface area contributed by atoms with Crippen LogP contribution < -0.4 is 15.1 Å². The van der Waals surface area contributed by atoms with Crippen LogP contribution in [0.4, 0.5) is 15.9 Å². The van der Waals surface area contributed by atoms with Gasteiger partial charge < -0.3 is 15.1 Å². The number of para-hydroxylation sites is 1. The van der Waals surface area contributed by atoms with Crippen molar-refractivity contribution in [2.24, 2.45) is 0 Å². The maximum atomic E-state index is 13.7. The average molecular weight is 390 g/mol. The second kappa shape index (κ2) is 8.73. The van der Waals surface area contributed by atoms with Crippen LogP contribution in [0.1, 0.15) is 15.9 Å². The molecule has 1 amide bonds. The summed E-state index contributed by atoms with van der Waals surface area (Å²) >= 11 is 0. The summed E-state index contributed by atoms with van der Waals surface area (Å²) in [6, 6.07) is 20.3. The van der Waals surface area contributed by atoms with E-state index < -0.39 is 0 Å².